The van der Waals surface area contributed by atoms with Crippen LogP contribution < -0.4 is 4.90 Å². The minimum absolute atomic E-state index is 0.341. The molecule has 1 aliphatic heterocycles. The molecule has 0 spiro atoms. The summed E-state index contributed by atoms with van der Waals surface area (Å²) in [6.07, 6.45) is 0. The number of sulfonamides is 1. The maximum Gasteiger partial charge on any atom is 0.243 e. The molecule has 0 amide bonds. The van der Waals surface area contributed by atoms with E-state index in [4.69, 9.17) is 0 Å². The molecule has 0 saturated carbocycles. The summed E-state index contributed by atoms with van der Waals surface area (Å²) in [5.41, 5.74) is 1.85. The quantitative estimate of drug-likeness (QED) is 0.509. The van der Waals surface area contributed by atoms with Crippen molar-refractivity contribution < 1.29 is 8.42 Å². The molecule has 3 aromatic rings. The first-order valence-electron chi connectivity index (χ1n) is 8.94. The number of hydrogen-bond acceptors (Lipinski definition) is 5. The molecule has 28 heavy (non-hydrogen) atoms. The second-order valence-electron chi connectivity index (χ2n) is 6.49. The van der Waals surface area contributed by atoms with E-state index in [2.05, 4.69) is 37.7 Å². The van der Waals surface area contributed by atoms with E-state index in [1.54, 1.807) is 12.1 Å². The summed E-state index contributed by atoms with van der Waals surface area (Å²) in [5.74, 6) is 0.769. The van der Waals surface area contributed by atoms with E-state index in [9.17, 15) is 8.42 Å². The molecule has 0 unspecified atom stereocenters. The summed E-state index contributed by atoms with van der Waals surface area (Å²) in [7, 11) is -3.46. The maximum absolute atomic E-state index is 12.8. The number of hydrogen-bond donors (Lipinski definition) is 0. The minimum Gasteiger partial charge on any atom is -0.352 e. The van der Waals surface area contributed by atoms with Gasteiger partial charge in [0.15, 0.2) is 5.82 Å². The first-order valence-corrected chi connectivity index (χ1v) is 11.5. The average Bonchev–Trinajstić information content (AvgIpc) is 2.75. The molecule has 0 bridgehead atoms. The highest BCUT2D eigenvalue weighted by molar-refractivity contribution is 14.1. The van der Waals surface area contributed by atoms with Crippen LogP contribution in [0.4, 0.5) is 5.82 Å². The Hall–Kier alpha value is -2.04. The molecule has 2 aromatic carbocycles. The highest BCUT2D eigenvalue weighted by Crippen LogP contribution is 2.22. The molecule has 1 aliphatic rings. The van der Waals surface area contributed by atoms with E-state index in [-0.39, 0.29) is 0 Å². The highest BCUT2D eigenvalue weighted by Gasteiger charge is 2.29. The van der Waals surface area contributed by atoms with Crippen molar-refractivity contribution in [3.8, 4) is 11.3 Å². The Balaban J connectivity index is 1.43. The van der Waals surface area contributed by atoms with Gasteiger partial charge in [-0.15, -0.1) is 10.2 Å². The Morgan fingerprint density at radius 3 is 2.07 bits per heavy atom. The molecule has 2 heterocycles. The zero-order valence-electron chi connectivity index (χ0n) is 15.1. The fourth-order valence-corrected chi connectivity index (χ4v) is 4.95. The largest absolute Gasteiger partial charge is 0.352 e. The number of piperazine rings is 1. The molecule has 4 rings (SSSR count). The van der Waals surface area contributed by atoms with Crippen LogP contribution in [-0.2, 0) is 10.0 Å². The van der Waals surface area contributed by atoms with Crippen LogP contribution >= 0.6 is 22.6 Å². The minimum atomic E-state index is -3.46. The van der Waals surface area contributed by atoms with Gasteiger partial charge in [0.2, 0.25) is 10.0 Å². The number of anilines is 1. The highest BCUT2D eigenvalue weighted by atomic mass is 127. The standard InChI is InChI=1S/C20H19IN4O2S/c21-17-6-8-18(9-7-17)28(26,27)25-14-12-24(13-15-25)20-11-10-19(22-23-20)16-4-2-1-3-5-16/h1-11H,12-15H2. The summed E-state index contributed by atoms with van der Waals surface area (Å²) in [5, 5.41) is 8.66. The number of aromatic nitrogens is 2. The molecule has 6 nitrogen and oxygen atoms in total. The lowest BCUT2D eigenvalue weighted by Crippen LogP contribution is -2.49. The van der Waals surface area contributed by atoms with Crippen LogP contribution in [0.5, 0.6) is 0 Å². The van der Waals surface area contributed by atoms with Gasteiger partial charge in [0.25, 0.3) is 0 Å². The summed E-state index contributed by atoms with van der Waals surface area (Å²) in [6.45, 7) is 2.03. The molecular formula is C20H19IN4O2S. The van der Waals surface area contributed by atoms with Crippen molar-refractivity contribution in [1.82, 2.24) is 14.5 Å². The third-order valence-electron chi connectivity index (χ3n) is 4.73. The molecule has 1 saturated heterocycles. The van der Waals surface area contributed by atoms with E-state index in [0.29, 0.717) is 31.1 Å². The Labute approximate surface area is 178 Å². The molecule has 0 aliphatic carbocycles. The van der Waals surface area contributed by atoms with Crippen molar-refractivity contribution in [2.75, 3.05) is 31.1 Å². The van der Waals surface area contributed by atoms with Crippen LogP contribution in [0.1, 0.15) is 0 Å². The van der Waals surface area contributed by atoms with E-state index >= 15 is 0 Å². The number of halogens is 1. The van der Waals surface area contributed by atoms with E-state index < -0.39 is 10.0 Å². The topological polar surface area (TPSA) is 66.4 Å². The van der Waals surface area contributed by atoms with Crippen LogP contribution in [0, 0.1) is 3.57 Å². The molecule has 144 valence electrons. The second kappa shape index (κ2) is 8.14. The molecule has 0 atom stereocenters. The lowest BCUT2D eigenvalue weighted by Gasteiger charge is -2.34. The summed E-state index contributed by atoms with van der Waals surface area (Å²) >= 11 is 2.17. The van der Waals surface area contributed by atoms with Crippen molar-refractivity contribution >= 4 is 38.4 Å². The Kier molecular flexibility index (Phi) is 5.61. The normalized spacial score (nSPS) is 15.5. The van der Waals surface area contributed by atoms with Gasteiger partial charge in [-0.25, -0.2) is 8.42 Å². The van der Waals surface area contributed by atoms with Gasteiger partial charge in [-0.1, -0.05) is 30.3 Å². The third-order valence-corrected chi connectivity index (χ3v) is 7.37. The summed E-state index contributed by atoms with van der Waals surface area (Å²) in [4.78, 5) is 2.41. The van der Waals surface area contributed by atoms with Crippen LogP contribution in [0.3, 0.4) is 0 Å². The molecule has 0 N–H and O–H groups in total. The fourth-order valence-electron chi connectivity index (χ4n) is 3.17. The number of nitrogens with zero attached hydrogens (tertiary/aromatic N) is 4. The maximum atomic E-state index is 12.8. The van der Waals surface area contributed by atoms with Crippen molar-refractivity contribution in [2.24, 2.45) is 0 Å². The van der Waals surface area contributed by atoms with Crippen LogP contribution in [0.15, 0.2) is 71.6 Å². The Bertz CT molecular complexity index is 1030. The van der Waals surface area contributed by atoms with E-state index in [1.165, 1.54) is 4.31 Å². The van der Waals surface area contributed by atoms with Crippen molar-refractivity contribution in [3.63, 3.8) is 0 Å². The molecule has 8 heteroatoms. The smallest absolute Gasteiger partial charge is 0.243 e. The van der Waals surface area contributed by atoms with Crippen LogP contribution in [0.25, 0.3) is 11.3 Å². The van der Waals surface area contributed by atoms with Crippen LogP contribution in [-0.4, -0.2) is 49.1 Å². The first-order chi connectivity index (χ1) is 13.5. The predicted octanol–water partition coefficient (Wildman–Crippen LogP) is 3.26. The molecule has 1 aromatic heterocycles. The Morgan fingerprint density at radius 2 is 1.46 bits per heavy atom. The van der Waals surface area contributed by atoms with Gasteiger partial charge >= 0.3 is 0 Å². The van der Waals surface area contributed by atoms with Gasteiger partial charge in [-0.2, -0.15) is 4.31 Å². The third kappa shape index (κ3) is 4.03. The van der Waals surface area contributed by atoms with Gasteiger partial charge in [0.05, 0.1) is 10.6 Å². The van der Waals surface area contributed by atoms with Gasteiger partial charge < -0.3 is 4.90 Å². The van der Waals surface area contributed by atoms with Crippen molar-refractivity contribution in [1.29, 1.82) is 0 Å². The van der Waals surface area contributed by atoms with Gasteiger partial charge in [-0.3, -0.25) is 0 Å². The monoisotopic (exact) mass is 506 g/mol. The fraction of sp³-hybridized carbons (Fsp3) is 0.200. The second-order valence-corrected chi connectivity index (χ2v) is 9.67. The van der Waals surface area contributed by atoms with Crippen molar-refractivity contribution in [3.05, 3.63) is 70.3 Å². The SMILES string of the molecule is O=S(=O)(c1ccc(I)cc1)N1CCN(c2ccc(-c3ccccc3)nn2)CC1. The van der Waals surface area contributed by atoms with E-state index in [1.807, 2.05) is 54.6 Å². The van der Waals surface area contributed by atoms with Crippen molar-refractivity contribution in [2.45, 2.75) is 4.90 Å². The molecule has 0 radical (unpaired) electrons. The zero-order chi connectivity index (χ0) is 19.6. The predicted molar refractivity (Wildman–Crippen MR) is 118 cm³/mol. The molecular weight excluding hydrogens is 487 g/mol. The van der Waals surface area contributed by atoms with Gasteiger partial charge in [0.1, 0.15) is 0 Å². The van der Waals surface area contributed by atoms with Gasteiger partial charge in [0, 0.05) is 35.3 Å². The van der Waals surface area contributed by atoms with Gasteiger partial charge in [-0.05, 0) is 59.0 Å². The summed E-state index contributed by atoms with van der Waals surface area (Å²) < 4.78 is 28.2. The Morgan fingerprint density at radius 1 is 0.786 bits per heavy atom. The molecule has 1 fully saturated rings. The lowest BCUT2D eigenvalue weighted by molar-refractivity contribution is 0.383. The van der Waals surface area contributed by atoms with E-state index in [0.717, 1.165) is 20.6 Å². The average molecular weight is 506 g/mol. The zero-order valence-corrected chi connectivity index (χ0v) is 18.0. The lowest BCUT2D eigenvalue weighted by atomic mass is 10.1. The first kappa shape index (κ1) is 19.3. The van der Waals surface area contributed by atoms with Crippen LogP contribution in [0.2, 0.25) is 0 Å². The summed E-state index contributed by atoms with van der Waals surface area (Å²) in [6, 6.07) is 20.8. The number of rotatable bonds is 4. The number of benzene rings is 2.